The van der Waals surface area contributed by atoms with E-state index in [-0.39, 0.29) is 44.9 Å². The van der Waals surface area contributed by atoms with Gasteiger partial charge in [0, 0.05) is 39.8 Å². The Labute approximate surface area is 99.3 Å². The molecular formula is C7H14ClNOY-2. The van der Waals surface area contributed by atoms with Crippen LogP contribution in [0.3, 0.4) is 0 Å². The maximum Gasteiger partial charge on any atom is 0.0569 e. The quantitative estimate of drug-likeness (QED) is 0.595. The van der Waals surface area contributed by atoms with Crippen molar-refractivity contribution < 1.29 is 37.4 Å². The minimum atomic E-state index is -0.0116. The fraction of sp³-hybridized carbons (Fsp3) is 0.714. The monoisotopic (exact) mass is 252 g/mol. The molecule has 0 aromatic rings. The maximum absolute atomic E-state index is 5.50. The second-order valence-electron chi connectivity index (χ2n) is 2.10. The summed E-state index contributed by atoms with van der Waals surface area (Å²) >= 11 is 5.50. The summed E-state index contributed by atoms with van der Waals surface area (Å²) in [4.78, 5) is 0. The summed E-state index contributed by atoms with van der Waals surface area (Å²) in [6.45, 7) is 5.73. The Kier molecular flexibility index (Phi) is 12.7. The minimum absolute atomic E-state index is 0. The van der Waals surface area contributed by atoms with Crippen LogP contribution in [0.4, 0.5) is 0 Å². The van der Waals surface area contributed by atoms with Crippen molar-refractivity contribution >= 4 is 11.6 Å². The molecule has 2 nitrogen and oxygen atoms in total. The van der Waals surface area contributed by atoms with E-state index in [9.17, 15) is 0 Å². The summed E-state index contributed by atoms with van der Waals surface area (Å²) in [5.41, 5.74) is 0. The Hall–Kier alpha value is 1.31. The number of hydrogen-bond donors (Lipinski definition) is 1. The van der Waals surface area contributed by atoms with E-state index in [0.717, 1.165) is 0 Å². The molecule has 0 amide bonds. The summed E-state index contributed by atoms with van der Waals surface area (Å²) in [6, 6.07) is 0. The smallest absolute Gasteiger partial charge is 0.0569 e. The molecule has 4 heteroatoms. The fourth-order valence-corrected chi connectivity index (χ4v) is 0.797. The van der Waals surface area contributed by atoms with Gasteiger partial charge in [-0.15, -0.1) is 5.92 Å². The van der Waals surface area contributed by atoms with Crippen molar-refractivity contribution in [2.75, 3.05) is 7.11 Å². The molecule has 0 aliphatic carbocycles. The largest absolute Gasteiger partial charge is 0.448 e. The molecule has 11 heavy (non-hydrogen) atoms. The van der Waals surface area contributed by atoms with Gasteiger partial charge in [0.25, 0.3) is 0 Å². The van der Waals surface area contributed by atoms with E-state index in [0.29, 0.717) is 0 Å². The second kappa shape index (κ2) is 9.40. The van der Waals surface area contributed by atoms with Gasteiger partial charge in [0.15, 0.2) is 0 Å². The van der Waals surface area contributed by atoms with Gasteiger partial charge in [-0.05, 0) is 0 Å². The third-order valence-corrected chi connectivity index (χ3v) is 1.66. The molecule has 0 saturated heterocycles. The molecule has 0 bridgehead atoms. The van der Waals surface area contributed by atoms with E-state index in [1.807, 2.05) is 20.4 Å². The van der Waals surface area contributed by atoms with Gasteiger partial charge in [-0.25, -0.2) is 5.88 Å². The van der Waals surface area contributed by atoms with E-state index >= 15 is 0 Å². The average molecular weight is 253 g/mol. The predicted octanol–water partition coefficient (Wildman–Crippen LogP) is 1.76. The summed E-state index contributed by atoms with van der Waals surface area (Å²) in [5, 5.41) is 3.02. The predicted molar refractivity (Wildman–Crippen MR) is 43.2 cm³/mol. The van der Waals surface area contributed by atoms with Crippen molar-refractivity contribution in [1.29, 1.82) is 0 Å². The van der Waals surface area contributed by atoms with Crippen LogP contribution in [0.5, 0.6) is 0 Å². The number of nitrogens with one attached hydrogen (secondary N) is 1. The van der Waals surface area contributed by atoms with Gasteiger partial charge in [-0.3, -0.25) is 6.54 Å². The molecule has 0 aromatic heterocycles. The molecule has 65 valence electrons. The van der Waals surface area contributed by atoms with Crippen molar-refractivity contribution in [2.45, 2.75) is 20.1 Å². The van der Waals surface area contributed by atoms with E-state index in [1.54, 1.807) is 13.0 Å². The number of rotatable bonds is 5. The maximum atomic E-state index is 5.50. The number of hydrogen-bond acceptors (Lipinski definition) is 2. The molecule has 0 aliphatic rings. The third kappa shape index (κ3) is 6.47. The zero-order valence-corrected chi connectivity index (χ0v) is 10.8. The molecule has 0 aromatic carbocycles. The minimum Gasteiger partial charge on any atom is -0.448 e. The van der Waals surface area contributed by atoms with E-state index < -0.39 is 0 Å². The Morgan fingerprint density at radius 3 is 2.36 bits per heavy atom. The van der Waals surface area contributed by atoms with Gasteiger partial charge in [0.05, 0.1) is 6.23 Å². The van der Waals surface area contributed by atoms with Crippen LogP contribution in [-0.4, -0.2) is 13.3 Å². The topological polar surface area (TPSA) is 21.3 Å². The van der Waals surface area contributed by atoms with Crippen molar-refractivity contribution in [3.05, 3.63) is 12.4 Å². The summed E-state index contributed by atoms with van der Waals surface area (Å²) in [7, 11) is 1.65. The van der Waals surface area contributed by atoms with Crippen LogP contribution in [0.2, 0.25) is 0 Å². The van der Waals surface area contributed by atoms with Gasteiger partial charge in [0.1, 0.15) is 0 Å². The summed E-state index contributed by atoms with van der Waals surface area (Å²) in [6.07, 6.45) is -0.0116. The summed E-state index contributed by atoms with van der Waals surface area (Å²) < 4.78 is 5.09. The molecule has 1 radical (unpaired) electrons. The van der Waals surface area contributed by atoms with Crippen molar-refractivity contribution in [2.24, 2.45) is 5.92 Å². The molecule has 0 heterocycles. The first-order chi connectivity index (χ1) is 4.76. The SMILES string of the molecule is C[CH-]NC(OC)C(C)[CH-]Cl.[Y]. The van der Waals surface area contributed by atoms with E-state index in [4.69, 9.17) is 16.3 Å². The zero-order valence-electron chi connectivity index (χ0n) is 7.17. The van der Waals surface area contributed by atoms with Gasteiger partial charge in [-0.1, -0.05) is 6.92 Å². The standard InChI is InChI=1S/C7H14ClNO.Y/c1-4-9-7(10-3)6(2)5-8;/h4-7,9H,1-3H3;/q-2;. The normalized spacial score (nSPS) is 15.3. The molecular weight excluding hydrogens is 238 g/mol. The van der Waals surface area contributed by atoms with Crippen LogP contribution in [0.15, 0.2) is 0 Å². The molecule has 0 fully saturated rings. The number of methoxy groups -OCH3 is 1. The number of halogens is 1. The molecule has 1 N–H and O–H groups in total. The van der Waals surface area contributed by atoms with Gasteiger partial charge < -0.3 is 21.7 Å². The molecule has 2 atom stereocenters. The van der Waals surface area contributed by atoms with Gasteiger partial charge >= 0.3 is 0 Å². The van der Waals surface area contributed by atoms with Crippen LogP contribution < -0.4 is 5.32 Å². The van der Waals surface area contributed by atoms with Crippen LogP contribution in [0, 0.1) is 18.3 Å². The Morgan fingerprint density at radius 2 is 2.09 bits per heavy atom. The first-order valence-electron chi connectivity index (χ1n) is 3.26. The zero-order chi connectivity index (χ0) is 7.98. The molecule has 0 rings (SSSR count). The Morgan fingerprint density at radius 1 is 1.55 bits per heavy atom. The molecule has 0 spiro atoms. The van der Waals surface area contributed by atoms with Gasteiger partial charge in [0.2, 0.25) is 0 Å². The first-order valence-corrected chi connectivity index (χ1v) is 3.70. The van der Waals surface area contributed by atoms with Crippen LogP contribution in [0.1, 0.15) is 13.8 Å². The van der Waals surface area contributed by atoms with E-state index in [1.165, 1.54) is 0 Å². The van der Waals surface area contributed by atoms with Crippen molar-refractivity contribution in [3.63, 3.8) is 0 Å². The van der Waals surface area contributed by atoms with Crippen molar-refractivity contribution in [1.82, 2.24) is 5.32 Å². The molecule has 2 unspecified atom stereocenters. The van der Waals surface area contributed by atoms with Crippen LogP contribution in [-0.2, 0) is 37.4 Å². The fourth-order valence-electron chi connectivity index (χ4n) is 0.665. The van der Waals surface area contributed by atoms with Crippen molar-refractivity contribution in [3.8, 4) is 0 Å². The Bertz CT molecular complexity index is 84.8. The number of ether oxygens (including phenoxy) is 1. The van der Waals surface area contributed by atoms with Gasteiger partial charge in [-0.2, -0.15) is 6.92 Å². The Balaban J connectivity index is 0. The van der Waals surface area contributed by atoms with E-state index in [2.05, 4.69) is 5.32 Å². The molecule has 0 aliphatic heterocycles. The summed E-state index contributed by atoms with van der Waals surface area (Å²) in [5.74, 6) is 1.80. The third-order valence-electron chi connectivity index (χ3n) is 1.26. The average Bonchev–Trinajstić information content (AvgIpc) is 1.99. The van der Waals surface area contributed by atoms with Crippen LogP contribution >= 0.6 is 11.6 Å². The first kappa shape index (κ1) is 14.8. The second-order valence-corrected chi connectivity index (χ2v) is 2.35. The molecule has 0 saturated carbocycles. The van der Waals surface area contributed by atoms with Crippen LogP contribution in [0.25, 0.3) is 0 Å².